The normalized spacial score (nSPS) is 14.5. The number of carbonyl (C=O) groups excluding carboxylic acids is 3. The predicted molar refractivity (Wildman–Crippen MR) is 220 cm³/mol. The summed E-state index contributed by atoms with van der Waals surface area (Å²) in [6.45, 7) is 0. The molecule has 3 amide bonds. The SMILES string of the molecule is CN(C)c1ccc2c(c1)Oc1cc(N(C)C)ccc1C21c2ccc(C#Cc3ccc(N4C(=O)c5cccc6c(N(C)C)ccc(c56)C4=O)cc3)cc2C(=O)N1N. The van der Waals surface area contributed by atoms with Crippen molar-refractivity contribution in [1.29, 1.82) is 0 Å². The molecule has 2 N–H and O–H groups in total. The van der Waals surface area contributed by atoms with E-state index in [0.29, 0.717) is 50.4 Å². The highest BCUT2D eigenvalue weighted by atomic mass is 16.5. The van der Waals surface area contributed by atoms with Gasteiger partial charge in [-0.3, -0.25) is 19.4 Å². The zero-order valence-electron chi connectivity index (χ0n) is 31.8. The highest BCUT2D eigenvalue weighted by molar-refractivity contribution is 6.36. The van der Waals surface area contributed by atoms with Gasteiger partial charge in [-0.05, 0) is 66.7 Å². The van der Waals surface area contributed by atoms with Crippen LogP contribution in [0.25, 0.3) is 10.8 Å². The highest BCUT2D eigenvalue weighted by Crippen LogP contribution is 2.57. The third kappa shape index (κ3) is 4.91. The molecule has 1 spiro atoms. The second-order valence-corrected chi connectivity index (χ2v) is 14.9. The van der Waals surface area contributed by atoms with Gasteiger partial charge in [-0.2, -0.15) is 0 Å². The van der Waals surface area contributed by atoms with Gasteiger partial charge in [0.05, 0.1) is 5.69 Å². The van der Waals surface area contributed by atoms with Crippen LogP contribution in [0.2, 0.25) is 0 Å². The number of anilines is 4. The van der Waals surface area contributed by atoms with Gasteiger partial charge >= 0.3 is 0 Å². The van der Waals surface area contributed by atoms with Crippen LogP contribution in [-0.4, -0.2) is 65.0 Å². The van der Waals surface area contributed by atoms with E-state index in [1.54, 1.807) is 42.5 Å². The van der Waals surface area contributed by atoms with Gasteiger partial charge < -0.3 is 19.4 Å². The summed E-state index contributed by atoms with van der Waals surface area (Å²) < 4.78 is 6.54. The minimum atomic E-state index is -1.13. The van der Waals surface area contributed by atoms with E-state index >= 15 is 0 Å². The fourth-order valence-corrected chi connectivity index (χ4v) is 8.23. The Morgan fingerprint density at radius 3 is 1.75 bits per heavy atom. The van der Waals surface area contributed by atoms with Gasteiger partial charge in [0.15, 0.2) is 0 Å². The lowest BCUT2D eigenvalue weighted by Gasteiger charge is -2.42. The fraction of sp³-hybridized carbons (Fsp3) is 0.152. The Morgan fingerprint density at radius 2 is 1.14 bits per heavy atom. The van der Waals surface area contributed by atoms with E-state index in [-0.39, 0.29) is 17.7 Å². The molecule has 0 saturated carbocycles. The summed E-state index contributed by atoms with van der Waals surface area (Å²) in [6, 6.07) is 33.8. The number of fused-ring (bicyclic) bond motifs is 6. The van der Waals surface area contributed by atoms with E-state index in [0.717, 1.165) is 39.1 Å². The maximum Gasteiger partial charge on any atom is 0.269 e. The molecule has 3 aliphatic rings. The van der Waals surface area contributed by atoms with Crippen LogP contribution in [0.3, 0.4) is 0 Å². The summed E-state index contributed by atoms with van der Waals surface area (Å²) in [6.07, 6.45) is 0. The number of hydrazine groups is 1. The van der Waals surface area contributed by atoms with Gasteiger partial charge in [-0.15, -0.1) is 0 Å². The number of imide groups is 1. The molecule has 0 aliphatic carbocycles. The van der Waals surface area contributed by atoms with E-state index in [2.05, 4.69) is 11.8 Å². The predicted octanol–water partition coefficient (Wildman–Crippen LogP) is 6.97. The Morgan fingerprint density at radius 1 is 0.571 bits per heavy atom. The molecule has 0 atom stereocenters. The Bertz CT molecular complexity index is 2680. The van der Waals surface area contributed by atoms with Crippen molar-refractivity contribution in [3.63, 3.8) is 0 Å². The molecule has 6 aromatic rings. The average Bonchev–Trinajstić information content (AvgIpc) is 3.41. The lowest BCUT2D eigenvalue weighted by Crippen LogP contribution is -2.51. The number of hydrogen-bond acceptors (Lipinski definition) is 8. The van der Waals surface area contributed by atoms with Crippen LogP contribution < -0.4 is 30.2 Å². The van der Waals surface area contributed by atoms with Crippen LogP contribution >= 0.6 is 0 Å². The average molecular weight is 739 g/mol. The molecule has 0 fully saturated rings. The lowest BCUT2D eigenvalue weighted by molar-refractivity contribution is 0.0665. The second-order valence-electron chi connectivity index (χ2n) is 14.9. The van der Waals surface area contributed by atoms with Crippen LogP contribution in [0.4, 0.5) is 22.7 Å². The monoisotopic (exact) mass is 738 g/mol. The molecule has 0 aromatic heterocycles. The lowest BCUT2D eigenvalue weighted by atomic mass is 9.75. The number of nitrogens with zero attached hydrogens (tertiary/aromatic N) is 5. The summed E-state index contributed by atoms with van der Waals surface area (Å²) in [5, 5.41) is 2.85. The summed E-state index contributed by atoms with van der Waals surface area (Å²) in [5.41, 5.74) is 7.18. The standard InChI is InChI=1S/C46H38N6O4/c1-48(2)30-17-21-37-40(25-30)56-41-26-31(49(3)4)18-22-38(41)46(37)36-20-14-28(24-35(36)45(55)52(46)47)11-10-27-12-15-29(16-13-27)51-43(53)33-9-7-8-32-39(50(5)6)23-19-34(42(32)33)44(51)54/h7-9,12-26H,47H2,1-6H3. The van der Waals surface area contributed by atoms with E-state index < -0.39 is 5.54 Å². The number of benzene rings is 6. The van der Waals surface area contributed by atoms with Crippen molar-refractivity contribution in [2.75, 3.05) is 61.9 Å². The Balaban J connectivity index is 1.06. The first kappa shape index (κ1) is 34.7. The minimum absolute atomic E-state index is 0.328. The zero-order valence-corrected chi connectivity index (χ0v) is 31.8. The van der Waals surface area contributed by atoms with Crippen molar-refractivity contribution in [2.24, 2.45) is 5.84 Å². The van der Waals surface area contributed by atoms with E-state index in [1.165, 1.54) is 9.91 Å². The second kappa shape index (κ2) is 12.5. The molecular formula is C46H38N6O4. The molecule has 10 heteroatoms. The molecule has 3 heterocycles. The maximum absolute atomic E-state index is 14.1. The number of nitrogens with two attached hydrogens (primary N) is 1. The van der Waals surface area contributed by atoms with Gasteiger partial charge in [0.1, 0.15) is 17.0 Å². The van der Waals surface area contributed by atoms with E-state index in [4.69, 9.17) is 10.6 Å². The molecule has 10 nitrogen and oxygen atoms in total. The summed E-state index contributed by atoms with van der Waals surface area (Å²) >= 11 is 0. The number of carbonyl (C=O) groups is 3. The molecule has 0 bridgehead atoms. The maximum atomic E-state index is 14.1. The van der Waals surface area contributed by atoms with Crippen molar-refractivity contribution in [1.82, 2.24) is 5.01 Å². The third-order valence-corrected chi connectivity index (χ3v) is 11.0. The third-order valence-electron chi connectivity index (χ3n) is 11.0. The van der Waals surface area contributed by atoms with Gasteiger partial charge in [0.2, 0.25) is 0 Å². The van der Waals surface area contributed by atoms with Crippen molar-refractivity contribution in [2.45, 2.75) is 5.54 Å². The number of hydrogen-bond donors (Lipinski definition) is 1. The first-order valence-corrected chi connectivity index (χ1v) is 18.2. The number of ether oxygens (including phenoxy) is 1. The van der Waals surface area contributed by atoms with Crippen LogP contribution in [0.5, 0.6) is 11.5 Å². The Labute approximate surface area is 324 Å². The van der Waals surface area contributed by atoms with Crippen LogP contribution in [0, 0.1) is 11.8 Å². The number of amides is 3. The highest BCUT2D eigenvalue weighted by Gasteiger charge is 2.56. The van der Waals surface area contributed by atoms with Crippen molar-refractivity contribution >= 4 is 51.2 Å². The van der Waals surface area contributed by atoms with Gasteiger partial charge in [0, 0.05) is 127 Å². The molecule has 0 unspecified atom stereocenters. The largest absolute Gasteiger partial charge is 0.456 e. The van der Waals surface area contributed by atoms with Crippen LogP contribution in [-0.2, 0) is 5.54 Å². The summed E-state index contributed by atoms with van der Waals surface area (Å²) in [5.74, 6) is 13.4. The number of rotatable bonds is 4. The molecule has 0 saturated heterocycles. The molecule has 3 aliphatic heterocycles. The zero-order chi connectivity index (χ0) is 39.2. The molecule has 6 aromatic carbocycles. The van der Waals surface area contributed by atoms with Crippen molar-refractivity contribution in [3.05, 3.63) is 154 Å². The molecule has 0 radical (unpaired) electrons. The van der Waals surface area contributed by atoms with Crippen molar-refractivity contribution < 1.29 is 19.1 Å². The first-order chi connectivity index (χ1) is 26.9. The Hall–Kier alpha value is -7.09. The molecular weight excluding hydrogens is 701 g/mol. The summed E-state index contributed by atoms with van der Waals surface area (Å²) in [7, 11) is 11.7. The van der Waals surface area contributed by atoms with Gasteiger partial charge in [0.25, 0.3) is 17.7 Å². The minimum Gasteiger partial charge on any atom is -0.456 e. The van der Waals surface area contributed by atoms with Crippen molar-refractivity contribution in [3.8, 4) is 23.3 Å². The first-order valence-electron chi connectivity index (χ1n) is 18.2. The topological polar surface area (TPSA) is 103 Å². The van der Waals surface area contributed by atoms with Crippen LogP contribution in [0.1, 0.15) is 58.9 Å². The van der Waals surface area contributed by atoms with Gasteiger partial charge in [-0.1, -0.05) is 42.2 Å². The van der Waals surface area contributed by atoms with E-state index in [9.17, 15) is 14.4 Å². The van der Waals surface area contributed by atoms with Crippen LogP contribution in [0.15, 0.2) is 109 Å². The Kier molecular flexibility index (Phi) is 7.73. The summed E-state index contributed by atoms with van der Waals surface area (Å²) in [4.78, 5) is 48.9. The molecule has 9 rings (SSSR count). The van der Waals surface area contributed by atoms with Gasteiger partial charge in [-0.25, -0.2) is 10.7 Å². The van der Waals surface area contributed by atoms with E-state index in [1.807, 2.05) is 124 Å². The quantitative estimate of drug-likeness (QED) is 0.0897. The smallest absolute Gasteiger partial charge is 0.269 e. The fourth-order valence-electron chi connectivity index (χ4n) is 8.23. The molecule has 56 heavy (non-hydrogen) atoms. The molecule has 276 valence electrons.